The summed E-state index contributed by atoms with van der Waals surface area (Å²) in [6.45, 7) is 2.09. The van der Waals surface area contributed by atoms with E-state index < -0.39 is 5.60 Å². The van der Waals surface area contributed by atoms with Gasteiger partial charge in [0.25, 0.3) is 0 Å². The van der Waals surface area contributed by atoms with Gasteiger partial charge in [-0.05, 0) is 38.2 Å². The number of benzene rings is 1. The van der Waals surface area contributed by atoms with Crippen molar-refractivity contribution >= 4 is 0 Å². The van der Waals surface area contributed by atoms with E-state index in [4.69, 9.17) is 4.74 Å². The Balaban J connectivity index is 1.96. The number of hydrogen-bond donors (Lipinski definition) is 1. The summed E-state index contributed by atoms with van der Waals surface area (Å²) in [5, 5.41) is 10.6. The minimum absolute atomic E-state index is 0.341. The molecule has 17 heavy (non-hydrogen) atoms. The van der Waals surface area contributed by atoms with E-state index in [1.807, 2.05) is 0 Å². The first kappa shape index (κ1) is 12.6. The Hall–Kier alpha value is -0.860. The third-order valence-corrected chi connectivity index (χ3v) is 3.85. The highest BCUT2D eigenvalue weighted by Gasteiger charge is 2.33. The number of aryl methyl sites for hydroxylation is 1. The molecule has 0 aliphatic heterocycles. The number of hydrogen-bond acceptors (Lipinski definition) is 2. The minimum atomic E-state index is -0.524. The van der Waals surface area contributed by atoms with E-state index in [0.717, 1.165) is 32.1 Å². The first-order valence-corrected chi connectivity index (χ1v) is 6.42. The molecule has 0 heterocycles. The van der Waals surface area contributed by atoms with Crippen LogP contribution in [0, 0.1) is 6.92 Å². The van der Waals surface area contributed by atoms with E-state index in [9.17, 15) is 5.11 Å². The average molecular weight is 234 g/mol. The van der Waals surface area contributed by atoms with Crippen molar-refractivity contribution in [3.05, 3.63) is 35.4 Å². The Kier molecular flexibility index (Phi) is 3.85. The molecule has 2 rings (SSSR count). The molecule has 1 aliphatic rings. The normalized spacial score (nSPS) is 29.2. The summed E-state index contributed by atoms with van der Waals surface area (Å²) < 4.78 is 5.34. The monoisotopic (exact) mass is 234 g/mol. The molecule has 0 unspecified atom stereocenters. The van der Waals surface area contributed by atoms with Crippen LogP contribution in [0.2, 0.25) is 0 Å². The van der Waals surface area contributed by atoms with Crippen LogP contribution in [0.15, 0.2) is 24.3 Å². The lowest BCUT2D eigenvalue weighted by Gasteiger charge is -2.35. The molecule has 1 saturated carbocycles. The van der Waals surface area contributed by atoms with E-state index in [2.05, 4.69) is 31.2 Å². The van der Waals surface area contributed by atoms with Crippen LogP contribution in [-0.2, 0) is 11.2 Å². The van der Waals surface area contributed by atoms with Gasteiger partial charge in [0.05, 0.1) is 11.7 Å². The van der Waals surface area contributed by atoms with Gasteiger partial charge in [0.2, 0.25) is 0 Å². The molecule has 2 nitrogen and oxygen atoms in total. The second-order valence-electron chi connectivity index (χ2n) is 5.32. The first-order valence-electron chi connectivity index (χ1n) is 6.42. The van der Waals surface area contributed by atoms with Crippen LogP contribution < -0.4 is 0 Å². The van der Waals surface area contributed by atoms with E-state index in [1.54, 1.807) is 7.11 Å². The predicted octanol–water partition coefficient (Wildman–Crippen LogP) is 2.86. The van der Waals surface area contributed by atoms with E-state index in [1.165, 1.54) is 11.1 Å². The molecule has 1 N–H and O–H groups in total. The van der Waals surface area contributed by atoms with Crippen LogP contribution in [0.5, 0.6) is 0 Å². The Labute approximate surface area is 104 Å². The molecule has 1 aliphatic carbocycles. The van der Waals surface area contributed by atoms with Gasteiger partial charge < -0.3 is 9.84 Å². The molecular weight excluding hydrogens is 212 g/mol. The predicted molar refractivity (Wildman–Crippen MR) is 69.1 cm³/mol. The zero-order valence-electron chi connectivity index (χ0n) is 10.8. The van der Waals surface area contributed by atoms with Gasteiger partial charge in [-0.2, -0.15) is 0 Å². The maximum Gasteiger partial charge on any atom is 0.0689 e. The van der Waals surface area contributed by atoms with E-state index in [-0.39, 0.29) is 0 Å². The lowest BCUT2D eigenvalue weighted by molar-refractivity contribution is -0.0427. The van der Waals surface area contributed by atoms with Gasteiger partial charge in [-0.15, -0.1) is 0 Å². The second kappa shape index (κ2) is 5.19. The molecule has 0 spiro atoms. The minimum Gasteiger partial charge on any atom is -0.390 e. The smallest absolute Gasteiger partial charge is 0.0689 e. The number of ether oxygens (including phenoxy) is 1. The third kappa shape index (κ3) is 3.30. The van der Waals surface area contributed by atoms with Gasteiger partial charge in [0.15, 0.2) is 0 Å². The lowest BCUT2D eigenvalue weighted by atomic mass is 9.79. The molecule has 0 radical (unpaired) electrons. The molecule has 1 aromatic carbocycles. The second-order valence-corrected chi connectivity index (χ2v) is 5.32. The Bertz CT molecular complexity index is 348. The molecule has 2 heteroatoms. The lowest BCUT2D eigenvalue weighted by Crippen LogP contribution is -2.38. The fourth-order valence-electron chi connectivity index (χ4n) is 2.63. The number of aliphatic hydroxyl groups is 1. The van der Waals surface area contributed by atoms with Crippen molar-refractivity contribution in [2.45, 2.75) is 50.7 Å². The highest BCUT2D eigenvalue weighted by atomic mass is 16.5. The highest BCUT2D eigenvalue weighted by Crippen LogP contribution is 2.32. The molecule has 0 amide bonds. The molecule has 0 aromatic heterocycles. The molecule has 1 fully saturated rings. The number of rotatable bonds is 3. The molecule has 0 atom stereocenters. The molecule has 0 bridgehead atoms. The van der Waals surface area contributed by atoms with Crippen LogP contribution in [0.1, 0.15) is 36.8 Å². The summed E-state index contributed by atoms with van der Waals surface area (Å²) in [5.41, 5.74) is 1.97. The fraction of sp³-hybridized carbons (Fsp3) is 0.600. The van der Waals surface area contributed by atoms with Crippen LogP contribution in [-0.4, -0.2) is 23.9 Å². The SMILES string of the molecule is COC1CCC(O)(Cc2ccc(C)cc2)CC1. The van der Waals surface area contributed by atoms with Gasteiger partial charge in [-0.3, -0.25) is 0 Å². The van der Waals surface area contributed by atoms with Crippen molar-refractivity contribution in [3.8, 4) is 0 Å². The van der Waals surface area contributed by atoms with E-state index in [0.29, 0.717) is 6.10 Å². The van der Waals surface area contributed by atoms with Gasteiger partial charge in [0.1, 0.15) is 0 Å². The van der Waals surface area contributed by atoms with Crippen molar-refractivity contribution in [1.82, 2.24) is 0 Å². The van der Waals surface area contributed by atoms with Crippen molar-refractivity contribution in [2.24, 2.45) is 0 Å². The topological polar surface area (TPSA) is 29.5 Å². The van der Waals surface area contributed by atoms with Crippen LogP contribution in [0.4, 0.5) is 0 Å². The fourth-order valence-corrected chi connectivity index (χ4v) is 2.63. The van der Waals surface area contributed by atoms with Crippen molar-refractivity contribution in [2.75, 3.05) is 7.11 Å². The van der Waals surface area contributed by atoms with E-state index >= 15 is 0 Å². The van der Waals surface area contributed by atoms with Gasteiger partial charge >= 0.3 is 0 Å². The van der Waals surface area contributed by atoms with Gasteiger partial charge in [0, 0.05) is 13.5 Å². The standard InChI is InChI=1S/C15H22O2/c1-12-3-5-13(6-4-12)11-15(16)9-7-14(17-2)8-10-15/h3-6,14,16H,7-11H2,1-2H3. The maximum absolute atomic E-state index is 10.6. The molecule has 0 saturated heterocycles. The summed E-state index contributed by atoms with van der Waals surface area (Å²) >= 11 is 0. The molecule has 94 valence electrons. The summed E-state index contributed by atoms with van der Waals surface area (Å²) in [4.78, 5) is 0. The van der Waals surface area contributed by atoms with Crippen LogP contribution >= 0.6 is 0 Å². The average Bonchev–Trinajstić information content (AvgIpc) is 2.33. The quantitative estimate of drug-likeness (QED) is 0.871. The Morgan fingerprint density at radius 3 is 2.35 bits per heavy atom. The first-order chi connectivity index (χ1) is 8.11. The van der Waals surface area contributed by atoms with Crippen molar-refractivity contribution < 1.29 is 9.84 Å². The van der Waals surface area contributed by atoms with Crippen LogP contribution in [0.25, 0.3) is 0 Å². The van der Waals surface area contributed by atoms with Crippen molar-refractivity contribution in [1.29, 1.82) is 0 Å². The summed E-state index contributed by atoms with van der Waals surface area (Å²) in [7, 11) is 1.76. The molecule has 1 aromatic rings. The largest absolute Gasteiger partial charge is 0.390 e. The molecular formula is C15H22O2. The summed E-state index contributed by atoms with van der Waals surface area (Å²) in [5.74, 6) is 0. The van der Waals surface area contributed by atoms with Crippen LogP contribution in [0.3, 0.4) is 0 Å². The van der Waals surface area contributed by atoms with Gasteiger partial charge in [-0.25, -0.2) is 0 Å². The zero-order valence-corrected chi connectivity index (χ0v) is 10.8. The van der Waals surface area contributed by atoms with Crippen molar-refractivity contribution in [3.63, 3.8) is 0 Å². The third-order valence-electron chi connectivity index (χ3n) is 3.85. The summed E-state index contributed by atoms with van der Waals surface area (Å²) in [6, 6.07) is 8.46. The maximum atomic E-state index is 10.6. The zero-order chi connectivity index (χ0) is 12.3. The highest BCUT2D eigenvalue weighted by molar-refractivity contribution is 5.22. The van der Waals surface area contributed by atoms with Gasteiger partial charge in [-0.1, -0.05) is 29.8 Å². The summed E-state index contributed by atoms with van der Waals surface area (Å²) in [6.07, 6.45) is 4.74. The Morgan fingerprint density at radius 1 is 1.24 bits per heavy atom. The Morgan fingerprint density at radius 2 is 1.82 bits per heavy atom. The number of methoxy groups -OCH3 is 1.